The Labute approximate surface area is 220 Å². The van der Waals surface area contributed by atoms with Gasteiger partial charge in [0.1, 0.15) is 28.7 Å². The fourth-order valence-electron chi connectivity index (χ4n) is 6.32. The third-order valence-corrected chi connectivity index (χ3v) is 8.12. The Balaban J connectivity index is 1.86. The van der Waals surface area contributed by atoms with Gasteiger partial charge < -0.3 is 26.2 Å². The lowest BCUT2D eigenvalue weighted by Crippen LogP contribution is -2.65. The number of nitrogens with zero attached hydrogens (tertiary/aromatic N) is 1. The number of aryl methyl sites for hydroxylation is 1. The number of ketones is 2. The molecular weight excluding hydrogens is 495 g/mol. The van der Waals surface area contributed by atoms with E-state index in [2.05, 4.69) is 20.8 Å². The number of carbonyl (C=O) groups is 3. The second kappa shape index (κ2) is 9.20. The molecule has 206 valence electrons. The summed E-state index contributed by atoms with van der Waals surface area (Å²) in [5.41, 5.74) is 1.57. The number of halogens is 1. The molecule has 1 aromatic carbocycles. The van der Waals surface area contributed by atoms with Crippen molar-refractivity contribution in [2.24, 2.45) is 23.0 Å². The first kappa shape index (κ1) is 27.8. The molecule has 1 fully saturated rings. The summed E-state index contributed by atoms with van der Waals surface area (Å²) >= 11 is 0. The zero-order valence-electron chi connectivity index (χ0n) is 22.3. The van der Waals surface area contributed by atoms with Crippen molar-refractivity contribution in [3.63, 3.8) is 0 Å². The minimum atomic E-state index is -2.72. The molecule has 4 atom stereocenters. The lowest BCUT2D eigenvalue weighted by Gasteiger charge is -2.50. The summed E-state index contributed by atoms with van der Waals surface area (Å²) in [6, 6.07) is 0.0622. The number of hydrogen-bond acceptors (Lipinski definition) is 8. The standard InChI is InChI=1S/C28H35FN2O7/c1-27(2,3)8-6-7-12-11-16(29)14-9-13-10-15-20(31(4)5)23(34)19(26(30)37)25(36)28(15,38)24(35)17(13)22(33)18(14)21(12)32/h11,13,15,20,32-33,36,38H,6-10H2,1-5H3,(H2,30,37)/t13-,15-,20-,28-/m0/s1. The Morgan fingerprint density at radius 2 is 1.84 bits per heavy atom. The van der Waals surface area contributed by atoms with Crippen molar-refractivity contribution in [2.45, 2.75) is 64.5 Å². The number of fused-ring (bicyclic) bond motifs is 3. The van der Waals surface area contributed by atoms with E-state index in [-0.39, 0.29) is 46.3 Å². The number of phenolic OH excluding ortho intramolecular Hbond substituents is 1. The quantitative estimate of drug-likeness (QED) is 0.363. The second-order valence-electron chi connectivity index (χ2n) is 12.1. The monoisotopic (exact) mass is 530 g/mol. The molecule has 0 aromatic heterocycles. The van der Waals surface area contributed by atoms with Crippen LogP contribution in [0.3, 0.4) is 0 Å². The highest BCUT2D eigenvalue weighted by atomic mass is 19.1. The molecule has 0 radical (unpaired) electrons. The van der Waals surface area contributed by atoms with E-state index in [1.165, 1.54) is 25.1 Å². The van der Waals surface area contributed by atoms with Crippen LogP contribution in [0.1, 0.15) is 56.7 Å². The highest BCUT2D eigenvalue weighted by molar-refractivity contribution is 6.24. The minimum Gasteiger partial charge on any atom is -0.508 e. The van der Waals surface area contributed by atoms with Crippen molar-refractivity contribution in [3.05, 3.63) is 45.5 Å². The van der Waals surface area contributed by atoms with E-state index in [1.54, 1.807) is 0 Å². The van der Waals surface area contributed by atoms with Gasteiger partial charge >= 0.3 is 0 Å². The summed E-state index contributed by atoms with van der Waals surface area (Å²) in [5.74, 6) is -8.07. The number of nitrogens with two attached hydrogens (primary N) is 1. The van der Waals surface area contributed by atoms with E-state index < -0.39 is 63.9 Å². The molecule has 1 amide bonds. The molecule has 6 N–H and O–H groups in total. The van der Waals surface area contributed by atoms with Crippen molar-refractivity contribution in [1.29, 1.82) is 0 Å². The van der Waals surface area contributed by atoms with Crippen LogP contribution in [0.4, 0.5) is 4.39 Å². The van der Waals surface area contributed by atoms with Gasteiger partial charge in [-0.2, -0.15) is 0 Å². The molecule has 9 nitrogen and oxygen atoms in total. The van der Waals surface area contributed by atoms with Crippen molar-refractivity contribution in [3.8, 4) is 5.75 Å². The van der Waals surface area contributed by atoms with Crippen LogP contribution < -0.4 is 5.73 Å². The maximum atomic E-state index is 15.3. The summed E-state index contributed by atoms with van der Waals surface area (Å²) in [4.78, 5) is 40.4. The summed E-state index contributed by atoms with van der Waals surface area (Å²) in [6.45, 7) is 6.20. The number of likely N-dealkylation sites (N-methyl/N-ethyl adjacent to an activating group) is 1. The predicted molar refractivity (Wildman–Crippen MR) is 137 cm³/mol. The number of primary amides is 1. The molecule has 0 spiro atoms. The first-order chi connectivity index (χ1) is 17.5. The number of carbonyl (C=O) groups excluding carboxylic acids is 3. The van der Waals surface area contributed by atoms with Crippen LogP contribution in [-0.2, 0) is 27.2 Å². The van der Waals surface area contributed by atoms with Gasteiger partial charge in [-0.1, -0.05) is 20.8 Å². The highest BCUT2D eigenvalue weighted by Crippen LogP contribution is 2.53. The van der Waals surface area contributed by atoms with E-state index in [1.807, 2.05) is 0 Å². The van der Waals surface area contributed by atoms with Gasteiger partial charge in [-0.15, -0.1) is 0 Å². The van der Waals surface area contributed by atoms with E-state index in [0.29, 0.717) is 12.8 Å². The van der Waals surface area contributed by atoms with Crippen LogP contribution in [0.2, 0.25) is 0 Å². The molecule has 0 heterocycles. The minimum absolute atomic E-state index is 0.0330. The van der Waals surface area contributed by atoms with Gasteiger partial charge in [-0.05, 0) is 69.2 Å². The van der Waals surface area contributed by atoms with Crippen molar-refractivity contribution >= 4 is 23.2 Å². The number of Topliss-reactive ketones (excluding diaryl/α,β-unsaturated/α-hetero) is 2. The average molecular weight is 531 g/mol. The zero-order valence-corrected chi connectivity index (χ0v) is 22.3. The molecule has 10 heteroatoms. The van der Waals surface area contributed by atoms with Gasteiger partial charge in [0.2, 0.25) is 5.78 Å². The van der Waals surface area contributed by atoms with Crippen LogP contribution in [0.25, 0.3) is 5.76 Å². The van der Waals surface area contributed by atoms with Gasteiger partial charge in [0.05, 0.1) is 11.6 Å². The third kappa shape index (κ3) is 4.10. The molecule has 1 aromatic rings. The number of aromatic hydroxyl groups is 1. The van der Waals surface area contributed by atoms with Gasteiger partial charge in [0, 0.05) is 17.1 Å². The summed E-state index contributed by atoms with van der Waals surface area (Å²) in [5, 5.41) is 44.8. The average Bonchev–Trinajstić information content (AvgIpc) is 2.78. The SMILES string of the molecule is CN(C)[C@@H]1C(=O)C(C(N)=O)=C(O)[C@@]2(O)C(=O)C3=C(O)c4c(O)c(CCCC(C)(C)C)cc(F)c4C[C@H]3C[C@@H]12. The molecule has 0 unspecified atom stereocenters. The zero-order chi connectivity index (χ0) is 28.5. The number of hydrogen-bond donors (Lipinski definition) is 5. The molecule has 0 saturated heterocycles. The molecular formula is C28H35FN2O7. The fourth-order valence-corrected chi connectivity index (χ4v) is 6.32. The van der Waals surface area contributed by atoms with Crippen molar-refractivity contribution < 1.29 is 39.2 Å². The molecule has 0 aliphatic heterocycles. The molecule has 0 bridgehead atoms. The summed E-state index contributed by atoms with van der Waals surface area (Å²) < 4.78 is 15.3. The lowest BCUT2D eigenvalue weighted by molar-refractivity contribution is -0.153. The number of benzene rings is 1. The first-order valence-corrected chi connectivity index (χ1v) is 12.7. The van der Waals surface area contributed by atoms with Crippen molar-refractivity contribution in [1.82, 2.24) is 4.90 Å². The van der Waals surface area contributed by atoms with Gasteiger partial charge in [0.25, 0.3) is 5.91 Å². The number of amides is 1. The van der Waals surface area contributed by atoms with Gasteiger partial charge in [-0.3, -0.25) is 19.3 Å². The van der Waals surface area contributed by atoms with Crippen LogP contribution in [0.5, 0.6) is 5.75 Å². The van der Waals surface area contributed by atoms with E-state index >= 15 is 4.39 Å². The molecule has 38 heavy (non-hydrogen) atoms. The van der Waals surface area contributed by atoms with E-state index in [9.17, 15) is 34.8 Å². The lowest BCUT2D eigenvalue weighted by atomic mass is 9.57. The Bertz CT molecular complexity index is 1310. The van der Waals surface area contributed by atoms with Crippen molar-refractivity contribution in [2.75, 3.05) is 14.1 Å². The fraction of sp³-hybridized carbons (Fsp3) is 0.536. The molecule has 1 saturated carbocycles. The Kier molecular flexibility index (Phi) is 6.73. The van der Waals surface area contributed by atoms with Crippen LogP contribution in [0, 0.1) is 23.1 Å². The normalized spacial score (nSPS) is 27.4. The number of aliphatic hydroxyl groups excluding tert-OH is 2. The first-order valence-electron chi connectivity index (χ1n) is 12.7. The molecule has 3 aliphatic rings. The van der Waals surface area contributed by atoms with Crippen LogP contribution >= 0.6 is 0 Å². The Morgan fingerprint density at radius 3 is 2.39 bits per heavy atom. The smallest absolute Gasteiger partial charge is 0.255 e. The number of rotatable bonds is 5. The van der Waals surface area contributed by atoms with E-state index in [0.717, 1.165) is 6.42 Å². The summed E-state index contributed by atoms with van der Waals surface area (Å²) in [7, 11) is 3.04. The Morgan fingerprint density at radius 1 is 1.21 bits per heavy atom. The predicted octanol–water partition coefficient (Wildman–Crippen LogP) is 2.47. The van der Waals surface area contributed by atoms with Gasteiger partial charge in [-0.25, -0.2) is 4.39 Å². The highest BCUT2D eigenvalue weighted by Gasteiger charge is 2.64. The van der Waals surface area contributed by atoms with E-state index in [4.69, 9.17) is 5.73 Å². The maximum absolute atomic E-state index is 15.3. The Hall–Kier alpha value is -3.24. The second-order valence-corrected chi connectivity index (χ2v) is 12.1. The molecule has 3 aliphatic carbocycles. The number of phenols is 1. The number of aliphatic hydroxyl groups is 3. The third-order valence-electron chi connectivity index (χ3n) is 8.12. The summed E-state index contributed by atoms with van der Waals surface area (Å²) in [6.07, 6.45) is 1.66. The largest absolute Gasteiger partial charge is 0.508 e. The van der Waals surface area contributed by atoms with Crippen LogP contribution in [0.15, 0.2) is 23.0 Å². The van der Waals surface area contributed by atoms with Gasteiger partial charge in [0.15, 0.2) is 11.4 Å². The molecule has 4 rings (SSSR count). The maximum Gasteiger partial charge on any atom is 0.255 e. The van der Waals surface area contributed by atoms with Crippen LogP contribution in [-0.4, -0.2) is 68.5 Å². The topological polar surface area (TPSA) is 161 Å².